The standard InChI is InChI=1S/C26H61ClN10O/c1-24(23-26(2,3)4)25(38)33-11-16-35(13-7-30)19-21-37(27)22-20-36(14-8-31)18-17-34(12-6-29)15-10-32-9-5-28/h24,32H,5-23,28-31H2,1-4H3,(H,33,38). The molecule has 0 aliphatic carbocycles. The van der Waals surface area contributed by atoms with E-state index in [1.807, 2.05) is 11.3 Å². The van der Waals surface area contributed by atoms with E-state index < -0.39 is 0 Å². The molecule has 1 atom stereocenters. The van der Waals surface area contributed by atoms with E-state index in [-0.39, 0.29) is 17.2 Å². The van der Waals surface area contributed by atoms with Crippen molar-refractivity contribution in [3.8, 4) is 0 Å². The van der Waals surface area contributed by atoms with Crippen molar-refractivity contribution < 1.29 is 4.79 Å². The van der Waals surface area contributed by atoms with Crippen molar-refractivity contribution in [2.24, 2.45) is 34.3 Å². The lowest BCUT2D eigenvalue weighted by molar-refractivity contribution is -0.125. The molecule has 0 aromatic rings. The van der Waals surface area contributed by atoms with Crippen LogP contribution in [0.2, 0.25) is 0 Å². The Morgan fingerprint density at radius 1 is 0.684 bits per heavy atom. The van der Waals surface area contributed by atoms with Crippen LogP contribution in [0.25, 0.3) is 0 Å². The largest absolute Gasteiger partial charge is 0.355 e. The molecular formula is C26H61ClN10O. The molecule has 0 saturated carbocycles. The molecule has 0 heterocycles. The predicted octanol–water partition coefficient (Wildman–Crippen LogP) is -1.04. The minimum absolute atomic E-state index is 0.00275. The maximum Gasteiger partial charge on any atom is 0.222 e. The van der Waals surface area contributed by atoms with E-state index in [0.717, 1.165) is 91.5 Å². The predicted molar refractivity (Wildman–Crippen MR) is 162 cm³/mol. The Labute approximate surface area is 238 Å². The van der Waals surface area contributed by atoms with Crippen molar-refractivity contribution in [1.82, 2.24) is 29.8 Å². The van der Waals surface area contributed by atoms with Gasteiger partial charge in [-0.25, -0.2) is 4.42 Å². The molecule has 0 rings (SSSR count). The number of carbonyl (C=O) groups is 1. The highest BCUT2D eigenvalue weighted by atomic mass is 35.5. The number of nitrogens with zero attached hydrogens (tertiary/aromatic N) is 4. The highest BCUT2D eigenvalue weighted by Crippen LogP contribution is 2.24. The zero-order chi connectivity index (χ0) is 28.8. The average molecular weight is 565 g/mol. The van der Waals surface area contributed by atoms with E-state index in [1.54, 1.807) is 0 Å². The molecule has 0 aliphatic heterocycles. The second-order valence-electron chi connectivity index (χ2n) is 11.3. The van der Waals surface area contributed by atoms with Crippen LogP contribution in [0.4, 0.5) is 0 Å². The van der Waals surface area contributed by atoms with Crippen LogP contribution in [0.5, 0.6) is 0 Å². The van der Waals surface area contributed by atoms with Gasteiger partial charge in [-0.1, -0.05) is 27.7 Å². The summed E-state index contributed by atoms with van der Waals surface area (Å²) in [7, 11) is 0. The summed E-state index contributed by atoms with van der Waals surface area (Å²) < 4.78 is 1.84. The molecule has 0 saturated heterocycles. The van der Waals surface area contributed by atoms with Crippen LogP contribution in [0.1, 0.15) is 34.1 Å². The molecular weight excluding hydrogens is 504 g/mol. The van der Waals surface area contributed by atoms with Crippen LogP contribution in [-0.2, 0) is 4.79 Å². The highest BCUT2D eigenvalue weighted by Gasteiger charge is 2.20. The topological polar surface area (TPSA) is 158 Å². The van der Waals surface area contributed by atoms with Crippen LogP contribution in [0.15, 0.2) is 0 Å². The van der Waals surface area contributed by atoms with E-state index >= 15 is 0 Å². The van der Waals surface area contributed by atoms with Gasteiger partial charge in [-0.05, 0) is 23.6 Å². The second-order valence-corrected chi connectivity index (χ2v) is 11.8. The molecule has 0 aromatic carbocycles. The van der Waals surface area contributed by atoms with Crippen molar-refractivity contribution in [2.45, 2.75) is 34.1 Å². The number of hydrogen-bond acceptors (Lipinski definition) is 10. The molecule has 0 aromatic heterocycles. The summed E-state index contributed by atoms with van der Waals surface area (Å²) in [5.74, 6) is 0.117. The SMILES string of the molecule is CC(CC(C)(C)C)C(=O)NCCN(CCN)CCN(Cl)CCN(CCN)CCN(CCN)CCNCCN. The molecule has 0 fully saturated rings. The van der Waals surface area contributed by atoms with E-state index in [0.29, 0.717) is 32.7 Å². The Kier molecular flexibility index (Phi) is 22.8. The van der Waals surface area contributed by atoms with Gasteiger partial charge in [0.25, 0.3) is 0 Å². The van der Waals surface area contributed by atoms with Gasteiger partial charge in [-0.3, -0.25) is 19.5 Å². The smallest absolute Gasteiger partial charge is 0.222 e. The van der Waals surface area contributed by atoms with Crippen LogP contribution in [0, 0.1) is 11.3 Å². The van der Waals surface area contributed by atoms with Gasteiger partial charge < -0.3 is 33.6 Å². The van der Waals surface area contributed by atoms with Crippen molar-refractivity contribution >= 4 is 17.7 Å². The first kappa shape index (κ1) is 37.4. The molecule has 228 valence electrons. The average Bonchev–Trinajstić information content (AvgIpc) is 2.85. The monoisotopic (exact) mass is 564 g/mol. The number of rotatable bonds is 25. The highest BCUT2D eigenvalue weighted by molar-refractivity contribution is 6.13. The third-order valence-corrected chi connectivity index (χ3v) is 6.74. The van der Waals surface area contributed by atoms with Gasteiger partial charge in [0.2, 0.25) is 5.91 Å². The molecule has 0 spiro atoms. The Bertz CT molecular complexity index is 567. The summed E-state index contributed by atoms with van der Waals surface area (Å²) in [6, 6.07) is 0. The number of carbonyl (C=O) groups excluding carboxylic acids is 1. The molecule has 1 unspecified atom stereocenters. The van der Waals surface area contributed by atoms with Gasteiger partial charge in [0.15, 0.2) is 0 Å². The lowest BCUT2D eigenvalue weighted by Crippen LogP contribution is -2.44. The number of nitrogens with two attached hydrogens (primary N) is 4. The Hall–Kier alpha value is -0.600. The first-order chi connectivity index (χ1) is 18.1. The fraction of sp³-hybridized carbons (Fsp3) is 0.962. The van der Waals surface area contributed by atoms with E-state index in [4.69, 9.17) is 34.7 Å². The van der Waals surface area contributed by atoms with Gasteiger partial charge >= 0.3 is 0 Å². The summed E-state index contributed by atoms with van der Waals surface area (Å²) in [5, 5.41) is 6.42. The van der Waals surface area contributed by atoms with Crippen LogP contribution >= 0.6 is 11.8 Å². The maximum absolute atomic E-state index is 12.4. The maximum atomic E-state index is 12.4. The van der Waals surface area contributed by atoms with Gasteiger partial charge in [0, 0.05) is 124 Å². The Morgan fingerprint density at radius 3 is 1.58 bits per heavy atom. The van der Waals surface area contributed by atoms with Crippen LogP contribution in [-0.4, -0.2) is 143 Å². The molecule has 0 radical (unpaired) electrons. The van der Waals surface area contributed by atoms with E-state index in [9.17, 15) is 4.79 Å². The summed E-state index contributed by atoms with van der Waals surface area (Å²) in [6.07, 6.45) is 0.866. The van der Waals surface area contributed by atoms with Crippen LogP contribution in [0.3, 0.4) is 0 Å². The molecule has 0 aliphatic rings. The normalized spacial score (nSPS) is 13.3. The summed E-state index contributed by atoms with van der Waals surface area (Å²) in [6.45, 7) is 22.4. The summed E-state index contributed by atoms with van der Waals surface area (Å²) in [4.78, 5) is 19.4. The fourth-order valence-electron chi connectivity index (χ4n) is 4.44. The zero-order valence-electron chi connectivity index (χ0n) is 24.9. The molecule has 1 amide bonds. The Balaban J connectivity index is 4.46. The zero-order valence-corrected chi connectivity index (χ0v) is 25.7. The number of halogens is 1. The van der Waals surface area contributed by atoms with Crippen molar-refractivity contribution in [3.63, 3.8) is 0 Å². The Morgan fingerprint density at radius 2 is 1.13 bits per heavy atom. The van der Waals surface area contributed by atoms with Gasteiger partial charge in [-0.2, -0.15) is 0 Å². The van der Waals surface area contributed by atoms with E-state index in [2.05, 4.69) is 46.1 Å². The molecule has 11 nitrogen and oxygen atoms in total. The van der Waals surface area contributed by atoms with Crippen LogP contribution < -0.4 is 33.6 Å². The van der Waals surface area contributed by atoms with E-state index in [1.165, 1.54) is 0 Å². The second kappa shape index (κ2) is 23.1. The first-order valence-electron chi connectivity index (χ1n) is 14.4. The van der Waals surface area contributed by atoms with Gasteiger partial charge in [0.1, 0.15) is 0 Å². The number of nitrogens with one attached hydrogen (secondary N) is 2. The van der Waals surface area contributed by atoms with Gasteiger partial charge in [-0.15, -0.1) is 0 Å². The third kappa shape index (κ3) is 21.2. The number of hydrogen-bond donors (Lipinski definition) is 6. The molecule has 38 heavy (non-hydrogen) atoms. The van der Waals surface area contributed by atoms with Crippen molar-refractivity contribution in [1.29, 1.82) is 0 Å². The molecule has 12 heteroatoms. The minimum Gasteiger partial charge on any atom is -0.355 e. The molecule has 0 bridgehead atoms. The van der Waals surface area contributed by atoms with Crippen molar-refractivity contribution in [2.75, 3.05) is 118 Å². The fourth-order valence-corrected chi connectivity index (χ4v) is 4.59. The third-order valence-electron chi connectivity index (χ3n) is 6.41. The first-order valence-corrected chi connectivity index (χ1v) is 14.8. The summed E-state index contributed by atoms with van der Waals surface area (Å²) in [5.41, 5.74) is 23.2. The lowest BCUT2D eigenvalue weighted by atomic mass is 9.85. The minimum atomic E-state index is 0.00275. The van der Waals surface area contributed by atoms with Gasteiger partial charge in [0.05, 0.1) is 0 Å². The number of amides is 1. The summed E-state index contributed by atoms with van der Waals surface area (Å²) >= 11 is 6.57. The lowest BCUT2D eigenvalue weighted by Gasteiger charge is -2.29. The molecule has 10 N–H and O–H groups in total. The van der Waals surface area contributed by atoms with Crippen molar-refractivity contribution in [3.05, 3.63) is 0 Å². The quantitative estimate of drug-likeness (QED) is 0.0597.